The van der Waals surface area contributed by atoms with Crippen molar-refractivity contribution in [2.24, 2.45) is 7.05 Å². The lowest BCUT2D eigenvalue weighted by atomic mass is 10.2. The van der Waals surface area contributed by atoms with Gasteiger partial charge in [-0.2, -0.15) is 0 Å². The minimum absolute atomic E-state index is 0.193. The number of hydrogen-bond donors (Lipinski definition) is 1. The monoisotopic (exact) mass is 332 g/mol. The van der Waals surface area contributed by atoms with Crippen molar-refractivity contribution in [3.8, 4) is 10.6 Å². The maximum atomic E-state index is 11.9. The Kier molecular flexibility index (Phi) is 4.22. The van der Waals surface area contributed by atoms with Crippen LogP contribution in [0.25, 0.3) is 10.6 Å². The van der Waals surface area contributed by atoms with Crippen molar-refractivity contribution in [2.45, 2.75) is 6.54 Å². The predicted molar refractivity (Wildman–Crippen MR) is 86.9 cm³/mol. The number of rotatable bonds is 4. The number of nitrogens with zero attached hydrogens (tertiary/aromatic N) is 3. The van der Waals surface area contributed by atoms with Gasteiger partial charge < -0.3 is 9.88 Å². The molecule has 0 atom stereocenters. The first-order valence-corrected chi connectivity index (χ1v) is 7.78. The third kappa shape index (κ3) is 3.35. The summed E-state index contributed by atoms with van der Waals surface area (Å²) in [5, 5.41) is 4.44. The lowest BCUT2D eigenvalue weighted by molar-refractivity contribution is 0.0946. The van der Waals surface area contributed by atoms with E-state index < -0.39 is 0 Å². The van der Waals surface area contributed by atoms with Gasteiger partial charge in [0.15, 0.2) is 0 Å². The molecule has 5 nitrogen and oxygen atoms in total. The average molecular weight is 333 g/mol. The zero-order valence-corrected chi connectivity index (χ0v) is 13.4. The number of halogens is 1. The van der Waals surface area contributed by atoms with Crippen LogP contribution in [0, 0.1) is 0 Å². The number of benzene rings is 1. The molecular weight excluding hydrogens is 320 g/mol. The van der Waals surface area contributed by atoms with Crippen LogP contribution in [0.5, 0.6) is 0 Å². The molecule has 0 bridgehead atoms. The van der Waals surface area contributed by atoms with E-state index in [0.717, 1.165) is 15.4 Å². The first kappa shape index (κ1) is 14.7. The number of carbonyl (C=O) groups excluding carboxylic acids is 1. The second-order valence-corrected chi connectivity index (χ2v) is 6.30. The summed E-state index contributed by atoms with van der Waals surface area (Å²) in [6.45, 7) is 0.431. The highest BCUT2D eigenvalue weighted by molar-refractivity contribution is 7.15. The highest BCUT2D eigenvalue weighted by Crippen LogP contribution is 2.26. The highest BCUT2D eigenvalue weighted by atomic mass is 35.5. The molecule has 2 aromatic heterocycles. The Bertz CT molecular complexity index is 794. The van der Waals surface area contributed by atoms with Crippen molar-refractivity contribution in [1.29, 1.82) is 0 Å². The van der Waals surface area contributed by atoms with E-state index in [0.29, 0.717) is 17.3 Å². The van der Waals surface area contributed by atoms with Gasteiger partial charge in [0.1, 0.15) is 10.7 Å². The first-order chi connectivity index (χ1) is 10.6. The van der Waals surface area contributed by atoms with Crippen LogP contribution < -0.4 is 5.32 Å². The molecule has 2 heterocycles. The van der Waals surface area contributed by atoms with Gasteiger partial charge in [0.25, 0.3) is 5.91 Å². The minimum Gasteiger partial charge on any atom is -0.346 e. The Labute approximate surface area is 136 Å². The molecule has 0 radical (unpaired) electrons. The van der Waals surface area contributed by atoms with Crippen molar-refractivity contribution >= 4 is 28.8 Å². The SMILES string of the molecule is Cn1cnc(C(=O)NCc2cnc(-c3ccc(Cl)cc3)s2)c1. The second kappa shape index (κ2) is 6.29. The van der Waals surface area contributed by atoms with Gasteiger partial charge in [-0.1, -0.05) is 23.7 Å². The van der Waals surface area contributed by atoms with Crippen molar-refractivity contribution in [3.05, 3.63) is 58.6 Å². The summed E-state index contributed by atoms with van der Waals surface area (Å²) in [6.07, 6.45) is 5.05. The highest BCUT2D eigenvalue weighted by Gasteiger charge is 2.10. The molecule has 112 valence electrons. The minimum atomic E-state index is -0.193. The number of imidazole rings is 1. The second-order valence-electron chi connectivity index (χ2n) is 4.75. The first-order valence-electron chi connectivity index (χ1n) is 6.58. The molecule has 0 aliphatic heterocycles. The summed E-state index contributed by atoms with van der Waals surface area (Å²) in [5.41, 5.74) is 1.42. The topological polar surface area (TPSA) is 59.8 Å². The molecule has 3 rings (SSSR count). The molecular formula is C15H13ClN4OS. The van der Waals surface area contributed by atoms with Gasteiger partial charge in [-0.15, -0.1) is 11.3 Å². The lowest BCUT2D eigenvalue weighted by Gasteiger charge is -2.00. The van der Waals surface area contributed by atoms with Crippen LogP contribution in [0.2, 0.25) is 5.02 Å². The Morgan fingerprint density at radius 3 is 2.77 bits per heavy atom. The van der Waals surface area contributed by atoms with Crippen LogP contribution in [-0.4, -0.2) is 20.4 Å². The molecule has 0 unspecified atom stereocenters. The normalized spacial score (nSPS) is 10.6. The molecule has 0 spiro atoms. The number of aromatic nitrogens is 3. The van der Waals surface area contributed by atoms with Gasteiger partial charge in [0.05, 0.1) is 12.9 Å². The number of thiazole rings is 1. The zero-order valence-electron chi connectivity index (χ0n) is 11.8. The van der Waals surface area contributed by atoms with Gasteiger partial charge in [0.2, 0.25) is 0 Å². The van der Waals surface area contributed by atoms with E-state index in [4.69, 9.17) is 11.6 Å². The lowest BCUT2D eigenvalue weighted by Crippen LogP contribution is -2.22. The van der Waals surface area contributed by atoms with E-state index in [1.165, 1.54) is 11.3 Å². The van der Waals surface area contributed by atoms with E-state index in [1.54, 1.807) is 23.3 Å². The van der Waals surface area contributed by atoms with Crippen LogP contribution in [0.1, 0.15) is 15.4 Å². The zero-order chi connectivity index (χ0) is 15.5. The molecule has 1 N–H and O–H groups in total. The standard InChI is InChI=1S/C15H13ClN4OS/c1-20-8-13(19-9-20)14(21)17-6-12-7-18-15(22-12)10-2-4-11(16)5-3-10/h2-5,7-9H,6H2,1H3,(H,17,21). The van der Waals surface area contributed by atoms with Crippen LogP contribution >= 0.6 is 22.9 Å². The van der Waals surface area contributed by atoms with Gasteiger partial charge >= 0.3 is 0 Å². The molecule has 0 saturated carbocycles. The van der Waals surface area contributed by atoms with Gasteiger partial charge in [-0.25, -0.2) is 9.97 Å². The third-order valence-corrected chi connectivity index (χ3v) is 4.30. The van der Waals surface area contributed by atoms with Crippen LogP contribution in [-0.2, 0) is 13.6 Å². The number of nitrogens with one attached hydrogen (secondary N) is 1. The molecule has 0 saturated heterocycles. The number of carbonyl (C=O) groups is 1. The molecule has 3 aromatic rings. The fourth-order valence-corrected chi connectivity index (χ4v) is 2.89. The summed E-state index contributed by atoms with van der Waals surface area (Å²) < 4.78 is 1.74. The number of aryl methyl sites for hydroxylation is 1. The summed E-state index contributed by atoms with van der Waals surface area (Å²) in [6, 6.07) is 7.52. The van der Waals surface area contributed by atoms with Crippen LogP contribution in [0.3, 0.4) is 0 Å². The predicted octanol–water partition coefficient (Wildman–Crippen LogP) is 3.13. The quantitative estimate of drug-likeness (QED) is 0.798. The molecule has 0 aliphatic carbocycles. The summed E-state index contributed by atoms with van der Waals surface area (Å²) in [4.78, 5) is 21.3. The summed E-state index contributed by atoms with van der Waals surface area (Å²) >= 11 is 7.42. The van der Waals surface area contributed by atoms with Gasteiger partial charge in [-0.05, 0) is 12.1 Å². The number of amides is 1. The Balaban J connectivity index is 1.64. The van der Waals surface area contributed by atoms with E-state index in [2.05, 4.69) is 15.3 Å². The van der Waals surface area contributed by atoms with E-state index in [9.17, 15) is 4.79 Å². The van der Waals surface area contributed by atoms with Crippen LogP contribution in [0.4, 0.5) is 0 Å². The van der Waals surface area contributed by atoms with Gasteiger partial charge in [-0.3, -0.25) is 4.79 Å². The third-order valence-electron chi connectivity index (χ3n) is 3.01. The van der Waals surface area contributed by atoms with Crippen molar-refractivity contribution in [1.82, 2.24) is 19.9 Å². The largest absolute Gasteiger partial charge is 0.346 e. The van der Waals surface area contributed by atoms with Crippen molar-refractivity contribution in [2.75, 3.05) is 0 Å². The molecule has 1 amide bonds. The fraction of sp³-hybridized carbons (Fsp3) is 0.133. The average Bonchev–Trinajstić information content (AvgIpc) is 3.15. The fourth-order valence-electron chi connectivity index (χ4n) is 1.90. The summed E-state index contributed by atoms with van der Waals surface area (Å²) in [5.74, 6) is -0.193. The summed E-state index contributed by atoms with van der Waals surface area (Å²) in [7, 11) is 1.82. The van der Waals surface area contributed by atoms with Crippen LogP contribution in [0.15, 0.2) is 43.0 Å². The molecule has 0 aliphatic rings. The number of hydrogen-bond acceptors (Lipinski definition) is 4. The molecule has 0 fully saturated rings. The van der Waals surface area contributed by atoms with E-state index >= 15 is 0 Å². The van der Waals surface area contributed by atoms with E-state index in [-0.39, 0.29) is 5.91 Å². The smallest absolute Gasteiger partial charge is 0.271 e. The Hall–Kier alpha value is -2.18. The Morgan fingerprint density at radius 2 is 2.09 bits per heavy atom. The molecule has 1 aromatic carbocycles. The maximum Gasteiger partial charge on any atom is 0.271 e. The van der Waals surface area contributed by atoms with E-state index in [1.807, 2.05) is 31.3 Å². The molecule has 22 heavy (non-hydrogen) atoms. The van der Waals surface area contributed by atoms with Crippen molar-refractivity contribution in [3.63, 3.8) is 0 Å². The molecule has 7 heteroatoms. The van der Waals surface area contributed by atoms with Gasteiger partial charge in [0, 0.05) is 34.9 Å². The maximum absolute atomic E-state index is 11.9. The van der Waals surface area contributed by atoms with Crippen molar-refractivity contribution < 1.29 is 4.79 Å². The Morgan fingerprint density at radius 1 is 1.32 bits per heavy atom.